The van der Waals surface area contributed by atoms with Crippen molar-refractivity contribution in [1.29, 1.82) is 0 Å². The van der Waals surface area contributed by atoms with Crippen LogP contribution in [0.2, 0.25) is 0 Å². The first-order chi connectivity index (χ1) is 8.98. The fourth-order valence-electron chi connectivity index (χ4n) is 2.28. The van der Waals surface area contributed by atoms with Crippen molar-refractivity contribution in [1.82, 2.24) is 4.31 Å². The van der Waals surface area contributed by atoms with Gasteiger partial charge in [0.25, 0.3) is 0 Å². The number of nitrogens with zero attached hydrogens (tertiary/aromatic N) is 1. The molecule has 2 atom stereocenters. The van der Waals surface area contributed by atoms with Crippen molar-refractivity contribution in [3.05, 3.63) is 16.3 Å². The predicted octanol–water partition coefficient (Wildman–Crippen LogP) is 1.25. The van der Waals surface area contributed by atoms with Crippen LogP contribution in [-0.4, -0.2) is 39.0 Å². The summed E-state index contributed by atoms with van der Waals surface area (Å²) >= 11 is 1.39. The number of rotatable bonds is 4. The molecule has 0 aliphatic carbocycles. The number of piperidine rings is 1. The first kappa shape index (κ1) is 14.9. The lowest BCUT2D eigenvalue weighted by atomic mass is 9.97. The number of ether oxygens (including phenoxy) is 1. The van der Waals surface area contributed by atoms with Gasteiger partial charge in [0.2, 0.25) is 10.0 Å². The van der Waals surface area contributed by atoms with Crippen LogP contribution in [-0.2, 0) is 21.3 Å². The van der Waals surface area contributed by atoms with Crippen LogP contribution in [0.15, 0.2) is 16.3 Å². The lowest BCUT2D eigenvalue weighted by Crippen LogP contribution is -2.46. The van der Waals surface area contributed by atoms with Gasteiger partial charge in [0.1, 0.15) is 0 Å². The Balaban J connectivity index is 2.20. The van der Waals surface area contributed by atoms with E-state index in [2.05, 4.69) is 6.92 Å². The molecule has 1 fully saturated rings. The molecule has 0 spiro atoms. The molecule has 19 heavy (non-hydrogen) atoms. The molecule has 2 rings (SSSR count). The molecule has 0 bridgehead atoms. The summed E-state index contributed by atoms with van der Waals surface area (Å²) in [5, 5.41) is 1.66. The number of nitrogens with two attached hydrogens (primary N) is 1. The zero-order valence-electron chi connectivity index (χ0n) is 11.2. The zero-order chi connectivity index (χ0) is 14.0. The maximum atomic E-state index is 12.5. The van der Waals surface area contributed by atoms with E-state index < -0.39 is 10.0 Å². The van der Waals surface area contributed by atoms with Crippen LogP contribution < -0.4 is 5.73 Å². The largest absolute Gasteiger partial charge is 0.380 e. The zero-order valence-corrected chi connectivity index (χ0v) is 12.8. The Morgan fingerprint density at radius 1 is 1.58 bits per heavy atom. The summed E-state index contributed by atoms with van der Waals surface area (Å²) in [5.74, 6) is 0.388. The van der Waals surface area contributed by atoms with Gasteiger partial charge in [-0.05, 0) is 18.4 Å². The molecule has 108 valence electrons. The number of hydrogen-bond donors (Lipinski definition) is 1. The third kappa shape index (κ3) is 3.00. The second-order valence-electron chi connectivity index (χ2n) is 4.86. The molecule has 1 aromatic rings. The van der Waals surface area contributed by atoms with Crippen molar-refractivity contribution >= 4 is 21.4 Å². The molecule has 1 aliphatic rings. The van der Waals surface area contributed by atoms with Gasteiger partial charge < -0.3 is 10.5 Å². The summed E-state index contributed by atoms with van der Waals surface area (Å²) < 4.78 is 31.9. The summed E-state index contributed by atoms with van der Waals surface area (Å²) in [6.07, 6.45) is 0.794. The molecule has 2 heterocycles. The Morgan fingerprint density at radius 2 is 2.32 bits per heavy atom. The first-order valence-electron chi connectivity index (χ1n) is 6.29. The van der Waals surface area contributed by atoms with Crippen molar-refractivity contribution in [2.24, 2.45) is 11.7 Å². The molecule has 0 saturated carbocycles. The van der Waals surface area contributed by atoms with Gasteiger partial charge in [0.05, 0.1) is 11.0 Å². The van der Waals surface area contributed by atoms with Gasteiger partial charge in [-0.3, -0.25) is 0 Å². The summed E-state index contributed by atoms with van der Waals surface area (Å²) in [5.41, 5.74) is 5.53. The lowest BCUT2D eigenvalue weighted by Gasteiger charge is -2.35. The Labute approximate surface area is 118 Å². The molecule has 2 unspecified atom stereocenters. The fourth-order valence-corrected chi connectivity index (χ4v) is 4.89. The molecule has 0 aromatic carbocycles. The second-order valence-corrected chi connectivity index (χ2v) is 7.79. The van der Waals surface area contributed by atoms with Crippen LogP contribution in [0.5, 0.6) is 0 Å². The monoisotopic (exact) mass is 304 g/mol. The smallest absolute Gasteiger partial charge is 0.243 e. The molecule has 1 aromatic heterocycles. The normalized spacial score (nSPS) is 25.6. The third-order valence-corrected chi connectivity index (χ3v) is 6.57. The van der Waals surface area contributed by atoms with Gasteiger partial charge in [0, 0.05) is 37.0 Å². The Kier molecular flexibility index (Phi) is 4.62. The van der Waals surface area contributed by atoms with Crippen LogP contribution in [0.3, 0.4) is 0 Å². The highest BCUT2D eigenvalue weighted by atomic mass is 32.2. The van der Waals surface area contributed by atoms with E-state index in [4.69, 9.17) is 10.5 Å². The minimum absolute atomic E-state index is 0.0314. The SMILES string of the molecule is COC1CN(S(=O)(=O)c2csc(CN)c2)CCC1C. The molecule has 1 saturated heterocycles. The van der Waals surface area contributed by atoms with Gasteiger partial charge in [-0.25, -0.2) is 8.42 Å². The van der Waals surface area contributed by atoms with Crippen LogP contribution in [0.4, 0.5) is 0 Å². The van der Waals surface area contributed by atoms with Gasteiger partial charge in [0.15, 0.2) is 0 Å². The molecule has 1 aliphatic heterocycles. The van der Waals surface area contributed by atoms with Crippen molar-refractivity contribution in [2.75, 3.05) is 20.2 Å². The quantitative estimate of drug-likeness (QED) is 0.908. The van der Waals surface area contributed by atoms with Crippen molar-refractivity contribution < 1.29 is 13.2 Å². The van der Waals surface area contributed by atoms with E-state index in [-0.39, 0.29) is 6.10 Å². The molecule has 0 radical (unpaired) electrons. The highest BCUT2D eigenvalue weighted by Crippen LogP contribution is 2.27. The minimum atomic E-state index is -3.41. The van der Waals surface area contributed by atoms with Gasteiger partial charge in [-0.2, -0.15) is 4.31 Å². The minimum Gasteiger partial charge on any atom is -0.380 e. The van der Waals surface area contributed by atoms with E-state index >= 15 is 0 Å². The van der Waals surface area contributed by atoms with Gasteiger partial charge >= 0.3 is 0 Å². The summed E-state index contributed by atoms with van der Waals surface area (Å²) in [6, 6.07) is 1.67. The van der Waals surface area contributed by atoms with E-state index in [0.29, 0.717) is 30.4 Å². The number of thiophene rings is 1. The number of hydrogen-bond acceptors (Lipinski definition) is 5. The Hall–Kier alpha value is -0.470. The number of sulfonamides is 1. The summed E-state index contributed by atoms with van der Waals surface area (Å²) in [6.45, 7) is 3.44. The molecular weight excluding hydrogens is 284 g/mol. The Morgan fingerprint density at radius 3 is 2.89 bits per heavy atom. The van der Waals surface area contributed by atoms with Gasteiger partial charge in [-0.15, -0.1) is 11.3 Å². The summed E-state index contributed by atoms with van der Waals surface area (Å²) in [4.78, 5) is 1.23. The van der Waals surface area contributed by atoms with Crippen molar-refractivity contribution in [3.8, 4) is 0 Å². The first-order valence-corrected chi connectivity index (χ1v) is 8.61. The average molecular weight is 304 g/mol. The second kappa shape index (κ2) is 5.88. The molecule has 7 heteroatoms. The van der Waals surface area contributed by atoms with Crippen LogP contribution in [0, 0.1) is 5.92 Å². The standard InChI is InChI=1S/C12H20N2O3S2/c1-9-3-4-14(7-12(9)17-2)19(15,16)11-5-10(6-13)18-8-11/h5,8-9,12H,3-4,6-7,13H2,1-2H3. The molecule has 0 amide bonds. The highest BCUT2D eigenvalue weighted by molar-refractivity contribution is 7.89. The van der Waals surface area contributed by atoms with Crippen LogP contribution in [0.25, 0.3) is 0 Å². The summed E-state index contributed by atoms with van der Waals surface area (Å²) in [7, 11) is -1.78. The van der Waals surface area contributed by atoms with E-state index in [1.54, 1.807) is 18.6 Å². The lowest BCUT2D eigenvalue weighted by molar-refractivity contribution is 0.0184. The highest BCUT2D eigenvalue weighted by Gasteiger charge is 2.34. The van der Waals surface area contributed by atoms with Crippen LogP contribution >= 0.6 is 11.3 Å². The molecular formula is C12H20N2O3S2. The maximum absolute atomic E-state index is 12.5. The van der Waals surface area contributed by atoms with Crippen molar-refractivity contribution in [2.45, 2.75) is 30.9 Å². The topological polar surface area (TPSA) is 72.6 Å². The third-order valence-electron chi connectivity index (χ3n) is 3.62. The van der Waals surface area contributed by atoms with E-state index in [1.165, 1.54) is 15.6 Å². The maximum Gasteiger partial charge on any atom is 0.243 e. The van der Waals surface area contributed by atoms with Crippen LogP contribution in [0.1, 0.15) is 18.2 Å². The van der Waals surface area contributed by atoms with E-state index in [0.717, 1.165) is 11.3 Å². The average Bonchev–Trinajstić information content (AvgIpc) is 2.88. The van der Waals surface area contributed by atoms with E-state index in [9.17, 15) is 8.42 Å². The van der Waals surface area contributed by atoms with Gasteiger partial charge in [-0.1, -0.05) is 6.92 Å². The Bertz CT molecular complexity index is 527. The molecule has 5 nitrogen and oxygen atoms in total. The molecule has 2 N–H and O–H groups in total. The number of methoxy groups -OCH3 is 1. The fraction of sp³-hybridized carbons (Fsp3) is 0.667. The van der Waals surface area contributed by atoms with E-state index in [1.807, 2.05) is 0 Å². The van der Waals surface area contributed by atoms with Crippen molar-refractivity contribution in [3.63, 3.8) is 0 Å². The predicted molar refractivity (Wildman–Crippen MR) is 75.5 cm³/mol.